The highest BCUT2D eigenvalue weighted by Crippen LogP contribution is 2.30. The van der Waals surface area contributed by atoms with Gasteiger partial charge in [-0.15, -0.1) is 11.3 Å². The number of thiazole rings is 1. The highest BCUT2D eigenvalue weighted by Gasteiger charge is 2.14. The van der Waals surface area contributed by atoms with E-state index in [-0.39, 0.29) is 12.0 Å². The van der Waals surface area contributed by atoms with Gasteiger partial charge in [-0.25, -0.2) is 4.98 Å². The number of aliphatic hydroxyl groups is 1. The predicted molar refractivity (Wildman–Crippen MR) is 75.4 cm³/mol. The van der Waals surface area contributed by atoms with Crippen LogP contribution in [0.15, 0.2) is 18.2 Å². The summed E-state index contributed by atoms with van der Waals surface area (Å²) < 4.78 is 6.55. The zero-order chi connectivity index (χ0) is 13.2. The minimum atomic E-state index is 0.0377. The second kappa shape index (κ2) is 5.24. The lowest BCUT2D eigenvalue weighted by molar-refractivity contribution is 0.201. The maximum atomic E-state index is 8.74. The standard InChI is InChI=1S/C14H19NO2S/c1-14(2,3)9-13-15-11-5-4-10(17-7-6-16)8-12(11)18-13/h4-5,8,16H,6-7,9H2,1-3H3. The molecule has 1 heterocycles. The second-order valence-corrected chi connectivity index (χ2v) is 6.66. The predicted octanol–water partition coefficient (Wildman–Crippen LogP) is 3.26. The van der Waals surface area contributed by atoms with E-state index in [9.17, 15) is 0 Å². The van der Waals surface area contributed by atoms with Crippen LogP contribution in [0.5, 0.6) is 5.75 Å². The summed E-state index contributed by atoms with van der Waals surface area (Å²) in [5.74, 6) is 0.794. The van der Waals surface area contributed by atoms with Gasteiger partial charge in [0.2, 0.25) is 0 Å². The van der Waals surface area contributed by atoms with Crippen LogP contribution in [0.2, 0.25) is 0 Å². The number of hydrogen-bond donors (Lipinski definition) is 1. The first-order chi connectivity index (χ1) is 8.48. The van der Waals surface area contributed by atoms with E-state index in [1.165, 1.54) is 0 Å². The number of aromatic nitrogens is 1. The van der Waals surface area contributed by atoms with Gasteiger partial charge in [0.1, 0.15) is 12.4 Å². The van der Waals surface area contributed by atoms with Crippen molar-refractivity contribution in [2.24, 2.45) is 5.41 Å². The van der Waals surface area contributed by atoms with Gasteiger partial charge in [0.05, 0.1) is 21.8 Å². The normalized spacial score (nSPS) is 12.0. The fourth-order valence-corrected chi connectivity index (χ4v) is 3.03. The van der Waals surface area contributed by atoms with Gasteiger partial charge < -0.3 is 9.84 Å². The number of rotatable bonds is 4. The second-order valence-electron chi connectivity index (χ2n) is 5.55. The van der Waals surface area contributed by atoms with Crippen LogP contribution in [-0.2, 0) is 6.42 Å². The van der Waals surface area contributed by atoms with Crippen LogP contribution in [0.4, 0.5) is 0 Å². The molecule has 0 unspecified atom stereocenters. The lowest BCUT2D eigenvalue weighted by Gasteiger charge is -2.15. The summed E-state index contributed by atoms with van der Waals surface area (Å²) in [4.78, 5) is 4.63. The fraction of sp³-hybridized carbons (Fsp3) is 0.500. The van der Waals surface area contributed by atoms with E-state index in [4.69, 9.17) is 9.84 Å². The molecule has 18 heavy (non-hydrogen) atoms. The molecule has 0 aliphatic heterocycles. The lowest BCUT2D eigenvalue weighted by Crippen LogP contribution is -2.08. The summed E-state index contributed by atoms with van der Waals surface area (Å²) >= 11 is 1.72. The molecule has 0 fully saturated rings. The Morgan fingerprint density at radius 1 is 1.33 bits per heavy atom. The quantitative estimate of drug-likeness (QED) is 0.922. The van der Waals surface area contributed by atoms with Gasteiger partial charge >= 0.3 is 0 Å². The molecule has 0 aliphatic rings. The van der Waals surface area contributed by atoms with Crippen LogP contribution in [0.1, 0.15) is 25.8 Å². The van der Waals surface area contributed by atoms with Crippen LogP contribution >= 0.6 is 11.3 Å². The molecule has 0 bridgehead atoms. The lowest BCUT2D eigenvalue weighted by atomic mass is 9.93. The van der Waals surface area contributed by atoms with E-state index in [1.807, 2.05) is 18.2 Å². The summed E-state index contributed by atoms with van der Waals surface area (Å²) in [7, 11) is 0. The van der Waals surface area contributed by atoms with Crippen molar-refractivity contribution >= 4 is 21.6 Å². The van der Waals surface area contributed by atoms with E-state index in [0.29, 0.717) is 6.61 Å². The number of fused-ring (bicyclic) bond motifs is 1. The SMILES string of the molecule is CC(C)(C)Cc1nc2ccc(OCCO)cc2s1. The molecule has 0 amide bonds. The first kappa shape index (κ1) is 13.3. The van der Waals surface area contributed by atoms with Crippen LogP contribution in [0.3, 0.4) is 0 Å². The Balaban J connectivity index is 2.22. The Morgan fingerprint density at radius 2 is 2.11 bits per heavy atom. The molecule has 98 valence electrons. The Hall–Kier alpha value is -1.13. The molecule has 0 saturated carbocycles. The summed E-state index contributed by atoms with van der Waals surface area (Å²) in [6, 6.07) is 5.87. The highest BCUT2D eigenvalue weighted by molar-refractivity contribution is 7.18. The Labute approximate surface area is 111 Å². The molecule has 2 rings (SSSR count). The van der Waals surface area contributed by atoms with Crippen LogP contribution in [0.25, 0.3) is 10.2 Å². The molecule has 0 aliphatic carbocycles. The van der Waals surface area contributed by atoms with Crippen molar-refractivity contribution in [3.05, 3.63) is 23.2 Å². The minimum absolute atomic E-state index is 0.0377. The Bertz CT molecular complexity index is 528. The molecule has 0 atom stereocenters. The molecule has 3 nitrogen and oxygen atoms in total. The molecule has 4 heteroatoms. The molecular weight excluding hydrogens is 246 g/mol. The van der Waals surface area contributed by atoms with Crippen LogP contribution < -0.4 is 4.74 Å². The van der Waals surface area contributed by atoms with E-state index in [2.05, 4.69) is 25.8 Å². The van der Waals surface area contributed by atoms with Gasteiger partial charge in [-0.3, -0.25) is 0 Å². The largest absolute Gasteiger partial charge is 0.491 e. The Kier molecular flexibility index (Phi) is 3.88. The summed E-state index contributed by atoms with van der Waals surface area (Å²) in [6.07, 6.45) is 0.985. The maximum absolute atomic E-state index is 8.74. The average molecular weight is 265 g/mol. The van der Waals surface area contributed by atoms with Gasteiger partial charge in [-0.1, -0.05) is 20.8 Å². The van der Waals surface area contributed by atoms with Crippen molar-refractivity contribution in [3.63, 3.8) is 0 Å². The molecule has 1 aromatic heterocycles. The summed E-state index contributed by atoms with van der Waals surface area (Å²) in [5.41, 5.74) is 1.28. The first-order valence-corrected chi connectivity index (χ1v) is 6.93. The molecular formula is C14H19NO2S. The number of nitrogens with zero attached hydrogens (tertiary/aromatic N) is 1. The topological polar surface area (TPSA) is 42.4 Å². The molecule has 0 radical (unpaired) electrons. The third-order valence-electron chi connectivity index (χ3n) is 2.45. The zero-order valence-corrected chi connectivity index (χ0v) is 11.9. The third kappa shape index (κ3) is 3.43. The van der Waals surface area contributed by atoms with Gasteiger partial charge in [-0.2, -0.15) is 0 Å². The van der Waals surface area contributed by atoms with Crippen molar-refractivity contribution in [3.8, 4) is 5.75 Å². The van der Waals surface area contributed by atoms with E-state index < -0.39 is 0 Å². The van der Waals surface area contributed by atoms with Crippen molar-refractivity contribution < 1.29 is 9.84 Å². The van der Waals surface area contributed by atoms with Gasteiger partial charge in [0.25, 0.3) is 0 Å². The number of hydrogen-bond acceptors (Lipinski definition) is 4. The van der Waals surface area contributed by atoms with Crippen molar-refractivity contribution in [2.75, 3.05) is 13.2 Å². The minimum Gasteiger partial charge on any atom is -0.491 e. The smallest absolute Gasteiger partial charge is 0.120 e. The zero-order valence-electron chi connectivity index (χ0n) is 11.1. The van der Waals surface area contributed by atoms with Crippen LogP contribution in [0, 0.1) is 5.41 Å². The number of ether oxygens (including phenoxy) is 1. The van der Waals surface area contributed by atoms with Crippen molar-refractivity contribution in [1.82, 2.24) is 4.98 Å². The molecule has 2 aromatic rings. The Morgan fingerprint density at radius 3 is 2.78 bits per heavy atom. The maximum Gasteiger partial charge on any atom is 0.120 e. The van der Waals surface area contributed by atoms with Gasteiger partial charge in [0.15, 0.2) is 0 Å². The molecule has 1 N–H and O–H groups in total. The monoisotopic (exact) mass is 265 g/mol. The summed E-state index contributed by atoms with van der Waals surface area (Å²) in [6.45, 7) is 7.02. The van der Waals surface area contributed by atoms with E-state index in [1.54, 1.807) is 11.3 Å². The van der Waals surface area contributed by atoms with Crippen molar-refractivity contribution in [1.29, 1.82) is 0 Å². The average Bonchev–Trinajstić information content (AvgIpc) is 2.64. The molecule has 1 aromatic carbocycles. The fourth-order valence-electron chi connectivity index (χ4n) is 1.74. The highest BCUT2D eigenvalue weighted by atomic mass is 32.1. The molecule has 0 spiro atoms. The number of benzene rings is 1. The van der Waals surface area contributed by atoms with Gasteiger partial charge in [-0.05, 0) is 23.6 Å². The van der Waals surface area contributed by atoms with E-state index in [0.717, 1.165) is 27.4 Å². The summed E-state index contributed by atoms with van der Waals surface area (Å²) in [5, 5.41) is 9.90. The first-order valence-electron chi connectivity index (χ1n) is 6.11. The van der Waals surface area contributed by atoms with Crippen LogP contribution in [-0.4, -0.2) is 23.3 Å². The van der Waals surface area contributed by atoms with Gasteiger partial charge in [0, 0.05) is 6.42 Å². The van der Waals surface area contributed by atoms with E-state index >= 15 is 0 Å². The molecule has 0 saturated heterocycles. The van der Waals surface area contributed by atoms with Crippen molar-refractivity contribution in [2.45, 2.75) is 27.2 Å². The third-order valence-corrected chi connectivity index (χ3v) is 3.46. The number of aliphatic hydroxyl groups excluding tert-OH is 1.